The molecule has 1 aromatic rings. The van der Waals surface area contributed by atoms with Crippen LogP contribution in [0.25, 0.3) is 0 Å². The molecule has 1 aromatic carbocycles. The Labute approximate surface area is 80.5 Å². The minimum atomic E-state index is -4.37. The van der Waals surface area contributed by atoms with Crippen LogP contribution < -0.4 is 0 Å². The molecule has 4 nitrogen and oxygen atoms in total. The van der Waals surface area contributed by atoms with Gasteiger partial charge in [0.1, 0.15) is 4.90 Å². The second-order valence-electron chi connectivity index (χ2n) is 2.36. The molecule has 0 atom stereocenters. The number of benzene rings is 1. The molecule has 0 aliphatic rings. The van der Waals surface area contributed by atoms with Crippen molar-refractivity contribution >= 4 is 21.7 Å². The molecule has 1 rings (SSSR count). The number of halogens is 1. The van der Waals surface area contributed by atoms with Crippen LogP contribution in [0.1, 0.15) is 5.56 Å². The SMILES string of the molecule is O=S(=O)(O)c1c(Cl)cccc1CO. The van der Waals surface area contributed by atoms with E-state index in [4.69, 9.17) is 21.3 Å². The van der Waals surface area contributed by atoms with Crippen LogP contribution in [0.5, 0.6) is 0 Å². The lowest BCUT2D eigenvalue weighted by atomic mass is 10.2. The number of hydrogen-bond donors (Lipinski definition) is 2. The van der Waals surface area contributed by atoms with Gasteiger partial charge in [0.2, 0.25) is 0 Å². The second kappa shape index (κ2) is 3.63. The molecular weight excluding hydrogens is 216 g/mol. The highest BCUT2D eigenvalue weighted by molar-refractivity contribution is 7.86. The van der Waals surface area contributed by atoms with Crippen LogP contribution in [0.4, 0.5) is 0 Å². The third-order valence-electron chi connectivity index (χ3n) is 1.48. The zero-order valence-electron chi connectivity index (χ0n) is 6.44. The lowest BCUT2D eigenvalue weighted by Crippen LogP contribution is -2.03. The summed E-state index contributed by atoms with van der Waals surface area (Å²) in [5.41, 5.74) is 0.0787. The first-order chi connectivity index (χ1) is 5.96. The summed E-state index contributed by atoms with van der Waals surface area (Å²) in [6.45, 7) is -0.490. The third-order valence-corrected chi connectivity index (χ3v) is 2.90. The van der Waals surface area contributed by atoms with Gasteiger partial charge in [-0.3, -0.25) is 4.55 Å². The number of hydrogen-bond acceptors (Lipinski definition) is 3. The molecule has 72 valence electrons. The quantitative estimate of drug-likeness (QED) is 0.735. The minimum absolute atomic E-state index is 0.0787. The molecule has 0 aliphatic carbocycles. The summed E-state index contributed by atoms with van der Waals surface area (Å²) in [4.78, 5) is -0.431. The summed E-state index contributed by atoms with van der Waals surface area (Å²) in [7, 11) is -4.37. The number of aliphatic hydroxyl groups excluding tert-OH is 1. The molecule has 0 spiro atoms. The van der Waals surface area contributed by atoms with Crippen molar-refractivity contribution in [1.82, 2.24) is 0 Å². The molecular formula is C7H7ClO4S. The van der Waals surface area contributed by atoms with Crippen LogP contribution in [0.3, 0.4) is 0 Å². The van der Waals surface area contributed by atoms with Gasteiger partial charge in [-0.15, -0.1) is 0 Å². The van der Waals surface area contributed by atoms with Crippen molar-refractivity contribution in [1.29, 1.82) is 0 Å². The predicted molar refractivity (Wildman–Crippen MR) is 47.2 cm³/mol. The smallest absolute Gasteiger partial charge is 0.296 e. The van der Waals surface area contributed by atoms with Gasteiger partial charge in [-0.1, -0.05) is 23.7 Å². The molecule has 0 heterocycles. The molecule has 13 heavy (non-hydrogen) atoms. The van der Waals surface area contributed by atoms with E-state index in [9.17, 15) is 8.42 Å². The highest BCUT2D eigenvalue weighted by atomic mass is 35.5. The molecule has 0 radical (unpaired) electrons. The molecule has 0 amide bonds. The largest absolute Gasteiger partial charge is 0.392 e. The van der Waals surface area contributed by atoms with Gasteiger partial charge in [-0.05, 0) is 6.07 Å². The van der Waals surface area contributed by atoms with Gasteiger partial charge in [-0.2, -0.15) is 8.42 Å². The van der Waals surface area contributed by atoms with Gasteiger partial charge >= 0.3 is 0 Å². The summed E-state index contributed by atoms with van der Waals surface area (Å²) in [6, 6.07) is 4.18. The van der Waals surface area contributed by atoms with Crippen LogP contribution >= 0.6 is 11.6 Å². The van der Waals surface area contributed by atoms with E-state index in [-0.39, 0.29) is 10.6 Å². The Morgan fingerprint density at radius 1 is 1.38 bits per heavy atom. The lowest BCUT2D eigenvalue weighted by molar-refractivity contribution is 0.278. The molecule has 6 heteroatoms. The molecule has 0 saturated heterocycles. The Hall–Kier alpha value is -0.620. The topological polar surface area (TPSA) is 74.6 Å². The summed E-state index contributed by atoms with van der Waals surface area (Å²) in [6.07, 6.45) is 0. The first kappa shape index (κ1) is 10.5. The first-order valence-corrected chi connectivity index (χ1v) is 5.14. The van der Waals surface area contributed by atoms with Gasteiger partial charge in [0.05, 0.1) is 11.6 Å². The van der Waals surface area contributed by atoms with Gasteiger partial charge < -0.3 is 5.11 Å². The fourth-order valence-electron chi connectivity index (χ4n) is 0.967. The Morgan fingerprint density at radius 3 is 2.38 bits per heavy atom. The zero-order chi connectivity index (χ0) is 10.1. The Bertz CT molecular complexity index is 413. The van der Waals surface area contributed by atoms with Crippen molar-refractivity contribution in [3.05, 3.63) is 28.8 Å². The minimum Gasteiger partial charge on any atom is -0.392 e. The van der Waals surface area contributed by atoms with Crippen LogP contribution in [0, 0.1) is 0 Å². The van der Waals surface area contributed by atoms with Gasteiger partial charge in [0.25, 0.3) is 10.1 Å². The number of aliphatic hydroxyl groups is 1. The van der Waals surface area contributed by atoms with Crippen LogP contribution in [-0.4, -0.2) is 18.1 Å². The van der Waals surface area contributed by atoms with Crippen molar-refractivity contribution in [3.8, 4) is 0 Å². The van der Waals surface area contributed by atoms with Crippen molar-refractivity contribution in [2.75, 3.05) is 0 Å². The Balaban J connectivity index is 3.50. The summed E-state index contributed by atoms with van der Waals surface area (Å²) in [5.74, 6) is 0. The van der Waals surface area contributed by atoms with Crippen molar-refractivity contribution < 1.29 is 18.1 Å². The summed E-state index contributed by atoms with van der Waals surface area (Å²) < 4.78 is 30.3. The van der Waals surface area contributed by atoms with Crippen molar-refractivity contribution in [2.45, 2.75) is 11.5 Å². The van der Waals surface area contributed by atoms with Gasteiger partial charge in [0.15, 0.2) is 0 Å². The first-order valence-electron chi connectivity index (χ1n) is 3.32. The third kappa shape index (κ3) is 2.19. The van der Waals surface area contributed by atoms with Crippen LogP contribution in [0.2, 0.25) is 5.02 Å². The molecule has 0 bridgehead atoms. The Kier molecular flexibility index (Phi) is 2.92. The maximum atomic E-state index is 10.8. The van der Waals surface area contributed by atoms with Gasteiger partial charge in [0, 0.05) is 5.56 Å². The Morgan fingerprint density at radius 2 is 2.00 bits per heavy atom. The molecule has 0 fully saturated rings. The fourth-order valence-corrected chi connectivity index (χ4v) is 2.23. The van der Waals surface area contributed by atoms with E-state index in [1.54, 1.807) is 0 Å². The van der Waals surface area contributed by atoms with Crippen molar-refractivity contribution in [2.24, 2.45) is 0 Å². The highest BCUT2D eigenvalue weighted by Gasteiger charge is 2.18. The van der Waals surface area contributed by atoms with Crippen LogP contribution in [0.15, 0.2) is 23.1 Å². The molecule has 0 aliphatic heterocycles. The normalized spacial score (nSPS) is 11.6. The average molecular weight is 223 g/mol. The van der Waals surface area contributed by atoms with E-state index in [0.717, 1.165) is 0 Å². The van der Waals surface area contributed by atoms with Gasteiger partial charge in [-0.25, -0.2) is 0 Å². The summed E-state index contributed by atoms with van der Waals surface area (Å²) >= 11 is 5.54. The molecule has 0 unspecified atom stereocenters. The molecule has 2 N–H and O–H groups in total. The monoisotopic (exact) mass is 222 g/mol. The second-order valence-corrected chi connectivity index (χ2v) is 4.13. The molecule has 0 saturated carbocycles. The van der Waals surface area contributed by atoms with E-state index in [1.165, 1.54) is 18.2 Å². The molecule has 0 aromatic heterocycles. The van der Waals surface area contributed by atoms with E-state index < -0.39 is 21.6 Å². The van der Waals surface area contributed by atoms with E-state index in [2.05, 4.69) is 0 Å². The van der Waals surface area contributed by atoms with E-state index in [0.29, 0.717) is 0 Å². The highest BCUT2D eigenvalue weighted by Crippen LogP contribution is 2.24. The predicted octanol–water partition coefficient (Wildman–Crippen LogP) is 1.08. The fraction of sp³-hybridized carbons (Fsp3) is 0.143. The van der Waals surface area contributed by atoms with Crippen molar-refractivity contribution in [3.63, 3.8) is 0 Å². The average Bonchev–Trinajstić information content (AvgIpc) is 2.01. The van der Waals surface area contributed by atoms with E-state index >= 15 is 0 Å². The lowest BCUT2D eigenvalue weighted by Gasteiger charge is -2.05. The summed E-state index contributed by atoms with van der Waals surface area (Å²) in [5, 5.41) is 8.67. The maximum Gasteiger partial charge on any atom is 0.296 e. The van der Waals surface area contributed by atoms with Crippen LogP contribution in [-0.2, 0) is 16.7 Å². The zero-order valence-corrected chi connectivity index (χ0v) is 8.01. The number of rotatable bonds is 2. The maximum absolute atomic E-state index is 10.8. The van der Waals surface area contributed by atoms with E-state index in [1.807, 2.05) is 0 Å². The standard InChI is InChI=1S/C7H7ClO4S/c8-6-3-1-2-5(4-9)7(6)13(10,11)12/h1-3,9H,4H2,(H,10,11,12).